The third kappa shape index (κ3) is 13.9. The van der Waals surface area contributed by atoms with Crippen molar-refractivity contribution < 1.29 is 75.4 Å². The molecule has 2 aliphatic heterocycles. The van der Waals surface area contributed by atoms with Crippen LogP contribution in [0, 0.1) is 11.8 Å². The molecule has 4 aromatic carbocycles. The van der Waals surface area contributed by atoms with Crippen molar-refractivity contribution in [3.05, 3.63) is 94.1 Å². The number of methoxy groups -OCH3 is 10. The van der Waals surface area contributed by atoms with Crippen LogP contribution in [0.1, 0.15) is 85.0 Å². The van der Waals surface area contributed by atoms with E-state index in [1.165, 1.54) is 22.3 Å². The van der Waals surface area contributed by atoms with E-state index in [0.717, 1.165) is 59.1 Å². The highest BCUT2D eigenvalue weighted by molar-refractivity contribution is 5.70. The molecule has 0 N–H and O–H groups in total. The standard InChI is InChI=1S/C60H84N2O14/c1-39(35-61(3)23-21-43-31-49(65-5)51(67-7)33-45(43)47(61)25-41-27-53(69-9)59(73-13)54(28-41)70-10)37-75-57(63)19-17-15-16-18-20-58(64)76-38-40(2)36-62(4)24-22-44-32-50(66-6)52(68-8)34-46(44)48(62)26-42-29-55(71-11)60(74-14)56(30-42)72-12/h15-16,27-34,39-40,47-48H,17-26,35-38H2,1-14H3/q+2/b16-15+/t39?,40?,47-,48-,61+,62+/m1/s1. The average molecular weight is 1060 g/mol. The minimum atomic E-state index is -0.250. The molecular formula is C60H84N2O14+2. The van der Waals surface area contributed by atoms with Gasteiger partial charge in [-0.2, -0.15) is 0 Å². The lowest BCUT2D eigenvalue weighted by Gasteiger charge is -2.47. The van der Waals surface area contributed by atoms with Crippen molar-refractivity contribution in [2.75, 3.05) is 125 Å². The second-order valence-corrected chi connectivity index (χ2v) is 20.7. The summed E-state index contributed by atoms with van der Waals surface area (Å²) in [7, 11) is 20.9. The van der Waals surface area contributed by atoms with Crippen LogP contribution in [-0.2, 0) is 44.7 Å². The fourth-order valence-corrected chi connectivity index (χ4v) is 11.5. The van der Waals surface area contributed by atoms with E-state index in [1.54, 1.807) is 71.1 Å². The van der Waals surface area contributed by atoms with Crippen molar-refractivity contribution in [1.29, 1.82) is 0 Å². The lowest BCUT2D eigenvalue weighted by atomic mass is 9.85. The van der Waals surface area contributed by atoms with Gasteiger partial charge in [0, 0.05) is 61.5 Å². The molecule has 4 aromatic rings. The largest absolute Gasteiger partial charge is 0.493 e. The Morgan fingerprint density at radius 3 is 1.09 bits per heavy atom. The van der Waals surface area contributed by atoms with Crippen molar-refractivity contribution in [2.45, 2.75) is 77.3 Å². The smallest absolute Gasteiger partial charge is 0.306 e. The first kappa shape index (κ1) is 58.7. The number of carbonyl (C=O) groups excluding carboxylic acids is 2. The van der Waals surface area contributed by atoms with Crippen molar-refractivity contribution in [3.63, 3.8) is 0 Å². The van der Waals surface area contributed by atoms with Crippen LogP contribution in [0.3, 0.4) is 0 Å². The molecule has 0 amide bonds. The highest BCUT2D eigenvalue weighted by Gasteiger charge is 2.43. The molecule has 0 saturated carbocycles. The van der Waals surface area contributed by atoms with Crippen LogP contribution in [0.2, 0.25) is 0 Å². The maximum absolute atomic E-state index is 13.0. The van der Waals surface area contributed by atoms with E-state index in [1.807, 2.05) is 36.4 Å². The Hall–Kier alpha value is -6.52. The Labute approximate surface area is 451 Å². The van der Waals surface area contributed by atoms with E-state index in [-0.39, 0.29) is 48.7 Å². The van der Waals surface area contributed by atoms with Crippen LogP contribution >= 0.6 is 0 Å². The zero-order valence-corrected chi connectivity index (χ0v) is 47.6. The van der Waals surface area contributed by atoms with Crippen LogP contribution in [0.25, 0.3) is 0 Å². The van der Waals surface area contributed by atoms with Gasteiger partial charge in [-0.05, 0) is 83.6 Å². The second kappa shape index (κ2) is 27.0. The summed E-state index contributed by atoms with van der Waals surface area (Å²) >= 11 is 0. The third-order valence-electron chi connectivity index (χ3n) is 15.3. The first-order chi connectivity index (χ1) is 36.5. The summed E-state index contributed by atoms with van der Waals surface area (Å²) in [4.78, 5) is 26.1. The average Bonchev–Trinajstić information content (AvgIpc) is 3.43. The fourth-order valence-electron chi connectivity index (χ4n) is 11.5. The number of hydrogen-bond donors (Lipinski definition) is 0. The van der Waals surface area contributed by atoms with E-state index < -0.39 is 0 Å². The highest BCUT2D eigenvalue weighted by atomic mass is 16.6. The third-order valence-corrected chi connectivity index (χ3v) is 15.3. The predicted molar refractivity (Wildman–Crippen MR) is 291 cm³/mol. The van der Waals surface area contributed by atoms with E-state index in [4.69, 9.17) is 56.8 Å². The number of ether oxygens (including phenoxy) is 12. The molecule has 0 aromatic heterocycles. The van der Waals surface area contributed by atoms with E-state index in [2.05, 4.69) is 52.2 Å². The van der Waals surface area contributed by atoms with Crippen LogP contribution in [0.4, 0.5) is 0 Å². The summed E-state index contributed by atoms with van der Waals surface area (Å²) in [5.74, 6) is 5.94. The van der Waals surface area contributed by atoms with Gasteiger partial charge in [0.15, 0.2) is 46.0 Å². The van der Waals surface area contributed by atoms with Crippen LogP contribution < -0.4 is 47.4 Å². The van der Waals surface area contributed by atoms with Crippen LogP contribution in [-0.4, -0.2) is 145 Å². The van der Waals surface area contributed by atoms with E-state index in [0.29, 0.717) is 96.4 Å². The Bertz CT molecular complexity index is 2410. The molecule has 6 rings (SSSR count). The quantitative estimate of drug-likeness (QED) is 0.0302. The number of esters is 2. The van der Waals surface area contributed by atoms with Gasteiger partial charge < -0.3 is 65.8 Å². The molecule has 0 saturated heterocycles. The van der Waals surface area contributed by atoms with Gasteiger partial charge in [-0.15, -0.1) is 0 Å². The molecule has 16 nitrogen and oxygen atoms in total. The van der Waals surface area contributed by atoms with Gasteiger partial charge in [-0.3, -0.25) is 9.59 Å². The SMILES string of the molecule is COc1cc2c(cc1OC)[C@@H](Cc1cc(OC)c(OC)c(OC)c1)[N@+](C)(CC(C)COC(=O)CC/C=C/CCC(=O)OCC(C)C[N@+]1(C)CCc3cc(OC)c(OC)cc3[C@H]1Cc1cc(OC)c(OC)c(OC)c1)CC2. The molecule has 2 aliphatic rings. The van der Waals surface area contributed by atoms with Crippen molar-refractivity contribution in [1.82, 2.24) is 0 Å². The summed E-state index contributed by atoms with van der Waals surface area (Å²) in [6.45, 7) is 8.21. The Morgan fingerprint density at radius 1 is 0.474 bits per heavy atom. The topological polar surface area (TPSA) is 145 Å². The number of carbonyl (C=O) groups is 2. The Balaban J connectivity index is 0.996. The lowest BCUT2D eigenvalue weighted by molar-refractivity contribution is -0.944. The molecule has 0 bridgehead atoms. The zero-order valence-electron chi connectivity index (χ0n) is 47.6. The minimum absolute atomic E-state index is 0.0373. The molecule has 0 aliphatic carbocycles. The molecular weight excluding hydrogens is 973 g/mol. The molecule has 416 valence electrons. The fraction of sp³-hybridized carbons (Fsp3) is 0.533. The van der Waals surface area contributed by atoms with Gasteiger partial charge in [0.2, 0.25) is 11.5 Å². The lowest BCUT2D eigenvalue weighted by Crippen LogP contribution is -2.54. The number of benzene rings is 4. The summed E-state index contributed by atoms with van der Waals surface area (Å²) in [6, 6.07) is 16.5. The van der Waals surface area contributed by atoms with Crippen molar-refractivity contribution >= 4 is 11.9 Å². The number of nitrogens with zero attached hydrogens (tertiary/aromatic N) is 2. The minimum Gasteiger partial charge on any atom is -0.493 e. The van der Waals surface area contributed by atoms with Crippen molar-refractivity contribution in [3.8, 4) is 57.5 Å². The van der Waals surface area contributed by atoms with Crippen LogP contribution in [0.15, 0.2) is 60.7 Å². The van der Waals surface area contributed by atoms with Gasteiger partial charge in [0.1, 0.15) is 12.1 Å². The van der Waals surface area contributed by atoms with Crippen molar-refractivity contribution in [2.24, 2.45) is 11.8 Å². The first-order valence-electron chi connectivity index (χ1n) is 26.3. The molecule has 0 spiro atoms. The summed E-state index contributed by atoms with van der Waals surface area (Å²) in [5.41, 5.74) is 6.91. The van der Waals surface area contributed by atoms with Gasteiger partial charge in [-0.1, -0.05) is 26.0 Å². The normalized spacial score (nSPS) is 19.6. The first-order valence-corrected chi connectivity index (χ1v) is 26.3. The molecule has 6 atom stereocenters. The maximum Gasteiger partial charge on any atom is 0.306 e. The van der Waals surface area contributed by atoms with Gasteiger partial charge in [0.05, 0.1) is 125 Å². The number of fused-ring (bicyclic) bond motifs is 2. The summed E-state index contributed by atoms with van der Waals surface area (Å²) in [6.07, 6.45) is 8.50. The maximum atomic E-state index is 13.0. The number of hydrogen-bond acceptors (Lipinski definition) is 14. The van der Waals surface area contributed by atoms with E-state index in [9.17, 15) is 9.59 Å². The molecule has 76 heavy (non-hydrogen) atoms. The molecule has 2 heterocycles. The Kier molecular flexibility index (Phi) is 20.9. The molecule has 0 fully saturated rings. The second-order valence-electron chi connectivity index (χ2n) is 20.7. The molecule has 16 heteroatoms. The Morgan fingerprint density at radius 2 is 0.789 bits per heavy atom. The van der Waals surface area contributed by atoms with Gasteiger partial charge >= 0.3 is 11.9 Å². The van der Waals surface area contributed by atoms with Crippen LogP contribution in [0.5, 0.6) is 57.5 Å². The number of rotatable bonds is 28. The summed E-state index contributed by atoms with van der Waals surface area (Å²) < 4.78 is 70.3. The molecule has 2 unspecified atom stereocenters. The van der Waals surface area contributed by atoms with Gasteiger partial charge in [0.25, 0.3) is 0 Å². The van der Waals surface area contributed by atoms with Gasteiger partial charge in [-0.25, -0.2) is 0 Å². The molecule has 0 radical (unpaired) electrons. The highest BCUT2D eigenvalue weighted by Crippen LogP contribution is 2.47. The monoisotopic (exact) mass is 1060 g/mol. The predicted octanol–water partition coefficient (Wildman–Crippen LogP) is 9.52. The summed E-state index contributed by atoms with van der Waals surface area (Å²) in [5, 5.41) is 0. The number of likely N-dealkylation sites (N-methyl/N-ethyl adjacent to an activating group) is 2. The van der Waals surface area contributed by atoms with E-state index >= 15 is 0 Å². The number of allylic oxidation sites excluding steroid dienone is 2. The number of quaternary nitrogens is 2. The zero-order chi connectivity index (χ0) is 55.2.